The Balaban J connectivity index is 2.72. The molecule has 0 aromatic heterocycles. The van der Waals surface area contributed by atoms with E-state index in [0.29, 0.717) is 6.54 Å². The minimum absolute atomic E-state index is 0.0235. The highest BCUT2D eigenvalue weighted by Gasteiger charge is 2.35. The molecule has 0 saturated carbocycles. The molecule has 17 heavy (non-hydrogen) atoms. The number of hydrogen-bond donors (Lipinski definition) is 1. The van der Waals surface area contributed by atoms with Crippen LogP contribution in [0.3, 0.4) is 0 Å². The normalized spacial score (nSPS) is 25.2. The van der Waals surface area contributed by atoms with Crippen LogP contribution in [0, 0.1) is 5.92 Å². The molecule has 1 aliphatic rings. The number of nitrogens with two attached hydrogens (primary N) is 1. The van der Waals surface area contributed by atoms with Crippen LogP contribution in [0.2, 0.25) is 0 Å². The summed E-state index contributed by atoms with van der Waals surface area (Å²) in [7, 11) is 0. The molecule has 0 radical (unpaired) electrons. The maximum atomic E-state index is 12.0. The van der Waals surface area contributed by atoms with Gasteiger partial charge in [-0.05, 0) is 33.4 Å². The Labute approximate surface area is 103 Å². The van der Waals surface area contributed by atoms with Crippen molar-refractivity contribution in [3.8, 4) is 0 Å². The summed E-state index contributed by atoms with van der Waals surface area (Å²) < 4.78 is 5.36. The first kappa shape index (κ1) is 13.6. The van der Waals surface area contributed by atoms with E-state index in [-0.39, 0.29) is 18.1 Å². The monoisotopic (exact) mass is 238 g/mol. The van der Waals surface area contributed by atoms with Gasteiger partial charge in [-0.1, -0.05) is 12.2 Å². The van der Waals surface area contributed by atoms with Gasteiger partial charge < -0.3 is 15.4 Å². The van der Waals surface area contributed by atoms with Crippen LogP contribution in [0.4, 0.5) is 4.79 Å². The van der Waals surface area contributed by atoms with Gasteiger partial charge >= 0.3 is 6.09 Å². The summed E-state index contributed by atoms with van der Waals surface area (Å²) in [4.78, 5) is 13.7. The lowest BCUT2D eigenvalue weighted by Gasteiger charge is -2.28. The predicted octanol–water partition coefficient (Wildman–Crippen LogP) is 2.27. The lowest BCUT2D eigenvalue weighted by molar-refractivity contribution is 0.0248. The molecule has 1 rings (SSSR count). The second-order valence-electron chi connectivity index (χ2n) is 5.24. The van der Waals surface area contributed by atoms with E-state index in [2.05, 4.69) is 6.58 Å². The maximum Gasteiger partial charge on any atom is 0.410 e. The predicted molar refractivity (Wildman–Crippen MR) is 68.4 cm³/mol. The Morgan fingerprint density at radius 1 is 1.53 bits per heavy atom. The first-order chi connectivity index (χ1) is 7.89. The van der Waals surface area contributed by atoms with E-state index in [1.165, 1.54) is 6.20 Å². The number of hydrogen-bond acceptors (Lipinski definition) is 3. The fourth-order valence-corrected chi connectivity index (χ4v) is 2.03. The summed E-state index contributed by atoms with van der Waals surface area (Å²) in [6.45, 7) is 10.0. The van der Waals surface area contributed by atoms with E-state index in [4.69, 9.17) is 10.5 Å². The van der Waals surface area contributed by atoms with Crippen molar-refractivity contribution < 1.29 is 9.53 Å². The van der Waals surface area contributed by atoms with Crippen molar-refractivity contribution in [1.29, 1.82) is 0 Å². The van der Waals surface area contributed by atoms with Gasteiger partial charge in [-0.25, -0.2) is 4.79 Å². The standard InChI is InChI=1S/C13H22N2O2/c1-5-11-10(6-8-14)7-9-15(11)12(16)17-13(2,3)4/h5-6,8,10-11H,1,7,9,14H2,2-4H3/b8-6+. The molecule has 96 valence electrons. The lowest BCUT2D eigenvalue weighted by Crippen LogP contribution is -2.40. The second kappa shape index (κ2) is 5.25. The van der Waals surface area contributed by atoms with E-state index in [0.717, 1.165) is 6.42 Å². The minimum Gasteiger partial charge on any atom is -0.444 e. The van der Waals surface area contributed by atoms with Crippen molar-refractivity contribution >= 4 is 6.09 Å². The fourth-order valence-electron chi connectivity index (χ4n) is 2.03. The average Bonchev–Trinajstić information content (AvgIpc) is 2.58. The third kappa shape index (κ3) is 3.51. The Kier molecular flexibility index (Phi) is 4.21. The zero-order valence-electron chi connectivity index (χ0n) is 10.8. The number of likely N-dealkylation sites (tertiary alicyclic amines) is 1. The zero-order valence-corrected chi connectivity index (χ0v) is 10.8. The molecule has 0 aromatic carbocycles. The van der Waals surface area contributed by atoms with Crippen LogP contribution < -0.4 is 5.73 Å². The molecule has 1 amide bonds. The number of amides is 1. The van der Waals surface area contributed by atoms with Crippen LogP contribution in [-0.4, -0.2) is 29.2 Å². The molecule has 0 spiro atoms. The molecule has 1 saturated heterocycles. The van der Waals surface area contributed by atoms with Crippen molar-refractivity contribution in [1.82, 2.24) is 4.90 Å². The molecular formula is C13H22N2O2. The van der Waals surface area contributed by atoms with Gasteiger partial charge in [0.25, 0.3) is 0 Å². The van der Waals surface area contributed by atoms with E-state index < -0.39 is 5.60 Å². The number of carbonyl (C=O) groups excluding carboxylic acids is 1. The van der Waals surface area contributed by atoms with Crippen LogP contribution in [0.1, 0.15) is 27.2 Å². The van der Waals surface area contributed by atoms with E-state index in [1.807, 2.05) is 26.8 Å². The summed E-state index contributed by atoms with van der Waals surface area (Å²) in [5.74, 6) is 0.241. The first-order valence-corrected chi connectivity index (χ1v) is 5.89. The third-order valence-corrected chi connectivity index (χ3v) is 2.73. The fraction of sp³-hybridized carbons (Fsp3) is 0.615. The van der Waals surface area contributed by atoms with E-state index in [1.54, 1.807) is 11.0 Å². The Morgan fingerprint density at radius 3 is 2.65 bits per heavy atom. The highest BCUT2D eigenvalue weighted by molar-refractivity contribution is 5.69. The summed E-state index contributed by atoms with van der Waals surface area (Å²) in [6.07, 6.45) is 5.83. The van der Waals surface area contributed by atoms with Crippen molar-refractivity contribution in [2.75, 3.05) is 6.54 Å². The molecule has 1 fully saturated rings. The molecule has 1 aliphatic heterocycles. The zero-order chi connectivity index (χ0) is 13.1. The Morgan fingerprint density at radius 2 is 2.18 bits per heavy atom. The highest BCUT2D eigenvalue weighted by Crippen LogP contribution is 2.27. The molecule has 0 aliphatic carbocycles. The van der Waals surface area contributed by atoms with Crippen molar-refractivity contribution in [3.63, 3.8) is 0 Å². The molecule has 4 nitrogen and oxygen atoms in total. The SMILES string of the molecule is C=CC1C(/C=C/N)CCN1C(=O)OC(C)(C)C. The van der Waals surface area contributed by atoms with Gasteiger partial charge in [0.05, 0.1) is 6.04 Å². The quantitative estimate of drug-likeness (QED) is 0.751. The average molecular weight is 238 g/mol. The van der Waals surface area contributed by atoms with Crippen molar-refractivity contribution in [2.24, 2.45) is 11.7 Å². The molecule has 2 unspecified atom stereocenters. The van der Waals surface area contributed by atoms with Gasteiger partial charge in [-0.2, -0.15) is 0 Å². The molecular weight excluding hydrogens is 216 g/mol. The van der Waals surface area contributed by atoms with Gasteiger partial charge in [0.15, 0.2) is 0 Å². The summed E-state index contributed by atoms with van der Waals surface area (Å²) in [5, 5.41) is 0. The molecule has 1 heterocycles. The number of ether oxygens (including phenoxy) is 1. The van der Waals surface area contributed by atoms with Gasteiger partial charge in [-0.15, -0.1) is 6.58 Å². The number of rotatable bonds is 2. The van der Waals surface area contributed by atoms with Crippen molar-refractivity contribution in [3.05, 3.63) is 24.9 Å². The van der Waals surface area contributed by atoms with Crippen molar-refractivity contribution in [2.45, 2.75) is 38.8 Å². The van der Waals surface area contributed by atoms with E-state index >= 15 is 0 Å². The second-order valence-corrected chi connectivity index (χ2v) is 5.24. The Bertz CT molecular complexity index is 318. The maximum absolute atomic E-state index is 12.0. The van der Waals surface area contributed by atoms with Gasteiger partial charge in [-0.3, -0.25) is 0 Å². The molecule has 0 aromatic rings. The topological polar surface area (TPSA) is 55.6 Å². The molecule has 4 heteroatoms. The molecule has 2 atom stereocenters. The third-order valence-electron chi connectivity index (χ3n) is 2.73. The summed E-state index contributed by atoms with van der Waals surface area (Å²) in [6, 6.07) is -0.0235. The van der Waals surface area contributed by atoms with Crippen LogP contribution in [0.15, 0.2) is 24.9 Å². The lowest BCUT2D eigenvalue weighted by atomic mass is 10.0. The molecule has 0 bridgehead atoms. The summed E-state index contributed by atoms with van der Waals surface area (Å²) >= 11 is 0. The van der Waals surface area contributed by atoms with Gasteiger partial charge in [0.1, 0.15) is 5.60 Å². The highest BCUT2D eigenvalue weighted by atomic mass is 16.6. The van der Waals surface area contributed by atoms with Crippen LogP contribution in [0.5, 0.6) is 0 Å². The first-order valence-electron chi connectivity index (χ1n) is 5.89. The van der Waals surface area contributed by atoms with Crippen LogP contribution in [-0.2, 0) is 4.74 Å². The van der Waals surface area contributed by atoms with Gasteiger partial charge in [0.2, 0.25) is 0 Å². The summed E-state index contributed by atoms with van der Waals surface area (Å²) in [5.41, 5.74) is 4.93. The van der Waals surface area contributed by atoms with E-state index in [9.17, 15) is 4.79 Å². The Hall–Kier alpha value is -1.45. The van der Waals surface area contributed by atoms with Crippen LogP contribution in [0.25, 0.3) is 0 Å². The number of nitrogens with zero attached hydrogens (tertiary/aromatic N) is 1. The largest absolute Gasteiger partial charge is 0.444 e. The van der Waals surface area contributed by atoms with Crippen LogP contribution >= 0.6 is 0 Å². The smallest absolute Gasteiger partial charge is 0.410 e. The number of carbonyl (C=O) groups is 1. The minimum atomic E-state index is -0.468. The molecule has 2 N–H and O–H groups in total. The van der Waals surface area contributed by atoms with Gasteiger partial charge in [0, 0.05) is 12.5 Å².